The Bertz CT molecular complexity index is 294. The fraction of sp³-hybridized carbons (Fsp3) is 0.667. The van der Waals surface area contributed by atoms with E-state index in [9.17, 15) is 0 Å². The lowest BCUT2D eigenvalue weighted by Crippen LogP contribution is -2.34. The van der Waals surface area contributed by atoms with Gasteiger partial charge in [-0.25, -0.2) is 0 Å². The lowest BCUT2D eigenvalue weighted by atomic mass is 9.99. The van der Waals surface area contributed by atoms with Gasteiger partial charge in [-0.05, 0) is 26.3 Å². The maximum absolute atomic E-state index is 6.14. The van der Waals surface area contributed by atoms with Crippen LogP contribution in [0.2, 0.25) is 0 Å². The predicted octanol–water partition coefficient (Wildman–Crippen LogP) is 0.0521. The Kier molecular flexibility index (Phi) is 2.43. The van der Waals surface area contributed by atoms with Gasteiger partial charge in [-0.1, -0.05) is 0 Å². The van der Waals surface area contributed by atoms with Crippen molar-refractivity contribution < 1.29 is 0 Å². The molecule has 0 radical (unpaired) electrons. The number of hydrogen-bond donors (Lipinski definition) is 4. The summed E-state index contributed by atoms with van der Waals surface area (Å²) in [5.41, 5.74) is 13.8. The first-order valence-corrected chi connectivity index (χ1v) is 4.99. The molecular formula is C9H17N5. The van der Waals surface area contributed by atoms with Gasteiger partial charge in [0, 0.05) is 17.3 Å². The third kappa shape index (κ3) is 1.49. The molecule has 1 aliphatic heterocycles. The molecule has 5 nitrogen and oxygen atoms in total. The van der Waals surface area contributed by atoms with Gasteiger partial charge in [0.25, 0.3) is 0 Å². The number of nitrogen functional groups attached to an aromatic ring is 1. The number of nitrogens with zero attached hydrogens (tertiary/aromatic N) is 1. The molecule has 2 heterocycles. The van der Waals surface area contributed by atoms with Crippen LogP contribution in [0.4, 0.5) is 5.82 Å². The molecule has 0 amide bonds. The lowest BCUT2D eigenvalue weighted by Gasteiger charge is -2.19. The Labute approximate surface area is 83.2 Å². The van der Waals surface area contributed by atoms with Gasteiger partial charge in [-0.2, -0.15) is 5.10 Å². The standard InChI is InChI=1S/C9H17N5/c1-5-7(9(11)14-13-5)8(10)6-3-2-4-12-6/h6,8,12H,2-4,10H2,1H3,(H3,11,13,14)/t6-,8+/m1/s1. The molecule has 6 N–H and O–H groups in total. The van der Waals surface area contributed by atoms with E-state index in [0.717, 1.165) is 24.2 Å². The number of H-pyrrole nitrogens is 1. The van der Waals surface area contributed by atoms with Crippen molar-refractivity contribution in [2.75, 3.05) is 12.3 Å². The zero-order valence-corrected chi connectivity index (χ0v) is 8.38. The minimum Gasteiger partial charge on any atom is -0.382 e. The Morgan fingerprint density at radius 1 is 1.57 bits per heavy atom. The molecule has 0 spiro atoms. The Balaban J connectivity index is 2.21. The van der Waals surface area contributed by atoms with Crippen LogP contribution in [0.5, 0.6) is 0 Å². The third-order valence-electron chi connectivity index (χ3n) is 2.89. The molecule has 0 unspecified atom stereocenters. The van der Waals surface area contributed by atoms with Crippen molar-refractivity contribution in [2.24, 2.45) is 5.73 Å². The number of aryl methyl sites for hydroxylation is 1. The second-order valence-electron chi connectivity index (χ2n) is 3.88. The highest BCUT2D eigenvalue weighted by molar-refractivity contribution is 5.44. The van der Waals surface area contributed by atoms with Gasteiger partial charge in [0.05, 0.1) is 6.04 Å². The average molecular weight is 195 g/mol. The topological polar surface area (TPSA) is 92.8 Å². The number of rotatable bonds is 2. The molecular weight excluding hydrogens is 178 g/mol. The summed E-state index contributed by atoms with van der Waals surface area (Å²) < 4.78 is 0. The summed E-state index contributed by atoms with van der Waals surface area (Å²) in [4.78, 5) is 0. The summed E-state index contributed by atoms with van der Waals surface area (Å²) in [5.74, 6) is 0.531. The molecule has 0 aliphatic carbocycles. The summed E-state index contributed by atoms with van der Waals surface area (Å²) in [6.07, 6.45) is 2.31. The normalized spacial score (nSPS) is 24.0. The van der Waals surface area contributed by atoms with Gasteiger partial charge in [0.1, 0.15) is 5.82 Å². The third-order valence-corrected chi connectivity index (χ3v) is 2.89. The molecule has 1 aromatic heterocycles. The van der Waals surface area contributed by atoms with Gasteiger partial charge in [-0.3, -0.25) is 5.10 Å². The number of hydrogen-bond acceptors (Lipinski definition) is 4. The lowest BCUT2D eigenvalue weighted by molar-refractivity contribution is 0.500. The van der Waals surface area contributed by atoms with Gasteiger partial charge >= 0.3 is 0 Å². The summed E-state index contributed by atoms with van der Waals surface area (Å²) in [5, 5.41) is 10.2. The van der Waals surface area contributed by atoms with E-state index in [-0.39, 0.29) is 6.04 Å². The highest BCUT2D eigenvalue weighted by atomic mass is 15.2. The van der Waals surface area contributed by atoms with Crippen molar-refractivity contribution >= 4 is 5.82 Å². The summed E-state index contributed by atoms with van der Waals surface area (Å²) in [6, 6.07) is 0.296. The van der Waals surface area contributed by atoms with Crippen LogP contribution in [0.3, 0.4) is 0 Å². The molecule has 0 aromatic carbocycles. The zero-order chi connectivity index (χ0) is 10.1. The first kappa shape index (κ1) is 9.48. The van der Waals surface area contributed by atoms with Crippen molar-refractivity contribution in [3.8, 4) is 0 Å². The number of nitrogens with two attached hydrogens (primary N) is 2. The molecule has 1 fully saturated rings. The number of aromatic nitrogens is 2. The molecule has 1 aromatic rings. The highest BCUT2D eigenvalue weighted by Crippen LogP contribution is 2.26. The summed E-state index contributed by atoms with van der Waals surface area (Å²) in [7, 11) is 0. The SMILES string of the molecule is Cc1[nH]nc(N)c1[C@@H](N)[C@H]1CCCN1. The van der Waals surface area contributed by atoms with Crippen LogP contribution in [-0.4, -0.2) is 22.8 Å². The van der Waals surface area contributed by atoms with Crippen LogP contribution < -0.4 is 16.8 Å². The van der Waals surface area contributed by atoms with E-state index in [0.29, 0.717) is 11.9 Å². The first-order chi connectivity index (χ1) is 6.70. The molecule has 0 saturated carbocycles. The van der Waals surface area contributed by atoms with E-state index < -0.39 is 0 Å². The number of anilines is 1. The maximum atomic E-state index is 6.14. The molecule has 0 bridgehead atoms. The van der Waals surface area contributed by atoms with Crippen molar-refractivity contribution in [2.45, 2.75) is 31.8 Å². The molecule has 5 heteroatoms. The maximum Gasteiger partial charge on any atom is 0.150 e. The van der Waals surface area contributed by atoms with Crippen LogP contribution in [0.25, 0.3) is 0 Å². The molecule has 1 saturated heterocycles. The van der Waals surface area contributed by atoms with Crippen LogP contribution in [-0.2, 0) is 0 Å². The van der Waals surface area contributed by atoms with Crippen LogP contribution in [0.15, 0.2) is 0 Å². The quantitative estimate of drug-likeness (QED) is 0.536. The van der Waals surface area contributed by atoms with E-state index in [2.05, 4.69) is 15.5 Å². The second kappa shape index (κ2) is 3.59. The van der Waals surface area contributed by atoms with Gasteiger partial charge in [0.15, 0.2) is 0 Å². The van der Waals surface area contributed by atoms with E-state index >= 15 is 0 Å². The summed E-state index contributed by atoms with van der Waals surface area (Å²) in [6.45, 7) is 3.00. The Hall–Kier alpha value is -1.07. The minimum atomic E-state index is -0.0451. The molecule has 78 valence electrons. The minimum absolute atomic E-state index is 0.0451. The largest absolute Gasteiger partial charge is 0.382 e. The van der Waals surface area contributed by atoms with Gasteiger partial charge in [-0.15, -0.1) is 0 Å². The molecule has 2 atom stereocenters. The van der Waals surface area contributed by atoms with Crippen LogP contribution in [0.1, 0.15) is 30.1 Å². The van der Waals surface area contributed by atoms with E-state index in [4.69, 9.17) is 11.5 Å². The Morgan fingerprint density at radius 2 is 2.36 bits per heavy atom. The Morgan fingerprint density at radius 3 is 2.86 bits per heavy atom. The number of nitrogens with one attached hydrogen (secondary N) is 2. The number of aromatic amines is 1. The monoisotopic (exact) mass is 195 g/mol. The highest BCUT2D eigenvalue weighted by Gasteiger charge is 2.26. The average Bonchev–Trinajstić information content (AvgIpc) is 2.75. The zero-order valence-electron chi connectivity index (χ0n) is 8.38. The molecule has 1 aliphatic rings. The van der Waals surface area contributed by atoms with E-state index in [1.807, 2.05) is 6.92 Å². The molecule has 14 heavy (non-hydrogen) atoms. The predicted molar refractivity (Wildman–Crippen MR) is 55.7 cm³/mol. The van der Waals surface area contributed by atoms with Crippen molar-refractivity contribution in [1.82, 2.24) is 15.5 Å². The van der Waals surface area contributed by atoms with Crippen molar-refractivity contribution in [3.63, 3.8) is 0 Å². The fourth-order valence-corrected chi connectivity index (χ4v) is 2.10. The van der Waals surface area contributed by atoms with Gasteiger partial charge < -0.3 is 16.8 Å². The van der Waals surface area contributed by atoms with Crippen LogP contribution in [0, 0.1) is 6.92 Å². The fourth-order valence-electron chi connectivity index (χ4n) is 2.10. The first-order valence-electron chi connectivity index (χ1n) is 4.99. The second-order valence-corrected chi connectivity index (χ2v) is 3.88. The summed E-state index contributed by atoms with van der Waals surface area (Å²) >= 11 is 0. The van der Waals surface area contributed by atoms with Crippen molar-refractivity contribution in [1.29, 1.82) is 0 Å². The smallest absolute Gasteiger partial charge is 0.150 e. The van der Waals surface area contributed by atoms with Gasteiger partial charge in [0.2, 0.25) is 0 Å². The van der Waals surface area contributed by atoms with Crippen molar-refractivity contribution in [3.05, 3.63) is 11.3 Å². The van der Waals surface area contributed by atoms with Crippen LogP contribution >= 0.6 is 0 Å². The molecule has 2 rings (SSSR count). The van der Waals surface area contributed by atoms with E-state index in [1.54, 1.807) is 0 Å². The van der Waals surface area contributed by atoms with E-state index in [1.165, 1.54) is 6.42 Å².